The fourth-order valence-corrected chi connectivity index (χ4v) is 5.07. The molecule has 0 amide bonds. The van der Waals surface area contributed by atoms with Crippen LogP contribution in [0.25, 0.3) is 0 Å². The number of aryl methyl sites for hydroxylation is 2. The fraction of sp³-hybridized carbons (Fsp3) is 0.611. The van der Waals surface area contributed by atoms with Gasteiger partial charge in [-0.25, -0.2) is 0 Å². The Morgan fingerprint density at radius 1 is 1.35 bits per heavy atom. The summed E-state index contributed by atoms with van der Waals surface area (Å²) in [5.41, 5.74) is 4.10. The van der Waals surface area contributed by atoms with E-state index in [-0.39, 0.29) is 6.10 Å². The van der Waals surface area contributed by atoms with Gasteiger partial charge in [-0.3, -0.25) is 9.58 Å². The van der Waals surface area contributed by atoms with Gasteiger partial charge in [0.25, 0.3) is 0 Å². The molecule has 0 bridgehead atoms. The van der Waals surface area contributed by atoms with E-state index in [2.05, 4.69) is 35.4 Å². The third-order valence-electron chi connectivity index (χ3n) is 5.33. The molecule has 2 atom stereocenters. The van der Waals surface area contributed by atoms with Gasteiger partial charge in [0.1, 0.15) is 0 Å². The van der Waals surface area contributed by atoms with Crippen molar-refractivity contribution in [2.45, 2.75) is 50.7 Å². The smallest absolute Gasteiger partial charge is 0.0744 e. The average Bonchev–Trinajstić information content (AvgIpc) is 3.17. The lowest BCUT2D eigenvalue weighted by molar-refractivity contribution is 0.0484. The van der Waals surface area contributed by atoms with Gasteiger partial charge in [0.05, 0.1) is 12.3 Å². The molecule has 2 fully saturated rings. The number of aliphatic hydroxyl groups is 1. The fourth-order valence-electron chi connectivity index (χ4n) is 3.95. The van der Waals surface area contributed by atoms with Crippen molar-refractivity contribution in [2.75, 3.05) is 13.1 Å². The first-order valence-electron chi connectivity index (χ1n) is 8.58. The van der Waals surface area contributed by atoms with Crippen LogP contribution in [-0.2, 0) is 13.6 Å². The number of hydrogen-bond donors (Lipinski definition) is 1. The number of nitrogens with zero attached hydrogens (tertiary/aromatic N) is 3. The van der Waals surface area contributed by atoms with E-state index in [0.29, 0.717) is 11.8 Å². The highest BCUT2D eigenvalue weighted by Gasteiger charge is 2.33. The van der Waals surface area contributed by atoms with Gasteiger partial charge in [0.2, 0.25) is 0 Å². The summed E-state index contributed by atoms with van der Waals surface area (Å²) in [4.78, 5) is 3.77. The number of piperidine rings is 1. The van der Waals surface area contributed by atoms with Gasteiger partial charge in [-0.15, -0.1) is 11.3 Å². The maximum Gasteiger partial charge on any atom is 0.0744 e. The van der Waals surface area contributed by atoms with Crippen LogP contribution in [0.3, 0.4) is 0 Å². The number of β-amino-alcohol motifs (C(OH)–C–C–N with tert-alkyl or cyclic N) is 1. The minimum atomic E-state index is -0.262. The first-order chi connectivity index (χ1) is 11.1. The molecule has 1 saturated carbocycles. The van der Waals surface area contributed by atoms with Gasteiger partial charge in [-0.2, -0.15) is 5.10 Å². The van der Waals surface area contributed by atoms with E-state index < -0.39 is 0 Å². The third kappa shape index (κ3) is 2.97. The summed E-state index contributed by atoms with van der Waals surface area (Å²) in [5, 5.41) is 17.3. The van der Waals surface area contributed by atoms with Crippen LogP contribution in [0.15, 0.2) is 17.6 Å². The molecule has 0 radical (unpaired) electrons. The van der Waals surface area contributed by atoms with E-state index in [1.807, 2.05) is 10.9 Å². The van der Waals surface area contributed by atoms with Crippen molar-refractivity contribution in [3.63, 3.8) is 0 Å². The Labute approximate surface area is 141 Å². The lowest BCUT2D eigenvalue weighted by Gasteiger charge is -2.36. The van der Waals surface area contributed by atoms with Crippen molar-refractivity contribution in [3.8, 4) is 0 Å². The van der Waals surface area contributed by atoms with Crippen molar-refractivity contribution in [2.24, 2.45) is 7.05 Å². The zero-order valence-electron chi connectivity index (χ0n) is 13.9. The lowest BCUT2D eigenvalue weighted by Crippen LogP contribution is -2.42. The maximum atomic E-state index is 10.7. The maximum absolute atomic E-state index is 10.7. The van der Waals surface area contributed by atoms with E-state index in [4.69, 9.17) is 0 Å². The predicted octanol–water partition coefficient (Wildman–Crippen LogP) is 3.02. The highest BCUT2D eigenvalue weighted by atomic mass is 32.1. The quantitative estimate of drug-likeness (QED) is 0.936. The molecule has 3 heterocycles. The largest absolute Gasteiger partial charge is 0.391 e. The molecule has 124 valence electrons. The normalized spacial score (nSPS) is 25.9. The van der Waals surface area contributed by atoms with E-state index in [1.165, 1.54) is 34.5 Å². The van der Waals surface area contributed by atoms with Crippen LogP contribution in [0.5, 0.6) is 0 Å². The Balaban J connectivity index is 1.44. The minimum absolute atomic E-state index is 0.262. The molecule has 1 saturated heterocycles. The summed E-state index contributed by atoms with van der Waals surface area (Å²) in [7, 11) is 2.05. The highest BCUT2D eigenvalue weighted by molar-refractivity contribution is 7.10. The van der Waals surface area contributed by atoms with Gasteiger partial charge in [-0.1, -0.05) is 0 Å². The van der Waals surface area contributed by atoms with E-state index in [0.717, 1.165) is 26.1 Å². The van der Waals surface area contributed by atoms with Crippen molar-refractivity contribution in [1.82, 2.24) is 14.7 Å². The van der Waals surface area contributed by atoms with Crippen molar-refractivity contribution in [3.05, 3.63) is 39.3 Å². The summed E-state index contributed by atoms with van der Waals surface area (Å²) < 4.78 is 2.05. The summed E-state index contributed by atoms with van der Waals surface area (Å²) in [6.45, 7) is 4.90. The Bertz CT molecular complexity index is 688. The monoisotopic (exact) mass is 331 g/mol. The molecule has 1 aliphatic carbocycles. The zero-order valence-corrected chi connectivity index (χ0v) is 14.7. The molecule has 5 heteroatoms. The second-order valence-corrected chi connectivity index (χ2v) is 8.07. The minimum Gasteiger partial charge on any atom is -0.391 e. The Morgan fingerprint density at radius 2 is 2.17 bits per heavy atom. The second-order valence-electron chi connectivity index (χ2n) is 7.12. The molecule has 4 rings (SSSR count). The first kappa shape index (κ1) is 15.4. The van der Waals surface area contributed by atoms with Crippen molar-refractivity contribution >= 4 is 11.3 Å². The van der Waals surface area contributed by atoms with Gasteiger partial charge in [0, 0.05) is 48.1 Å². The van der Waals surface area contributed by atoms with Crippen LogP contribution in [0.1, 0.15) is 52.8 Å². The van der Waals surface area contributed by atoms with Crippen LogP contribution in [0.2, 0.25) is 0 Å². The molecule has 4 nitrogen and oxygen atoms in total. The molecule has 23 heavy (non-hydrogen) atoms. The number of aliphatic hydroxyl groups excluding tert-OH is 1. The SMILES string of the molecule is Cc1ccsc1[C@@H]1CCN(Cc2cnn(C)c2C2CC2)C[C@H]1O. The zero-order chi connectivity index (χ0) is 16.0. The Morgan fingerprint density at radius 3 is 2.83 bits per heavy atom. The summed E-state index contributed by atoms with van der Waals surface area (Å²) in [6, 6.07) is 2.16. The van der Waals surface area contributed by atoms with Gasteiger partial charge in [-0.05, 0) is 49.7 Å². The molecule has 2 aromatic heterocycles. The molecule has 2 aromatic rings. The summed E-state index contributed by atoms with van der Waals surface area (Å²) in [5.74, 6) is 1.02. The van der Waals surface area contributed by atoms with Gasteiger partial charge in [0.15, 0.2) is 0 Å². The molecule has 0 unspecified atom stereocenters. The molecule has 1 aliphatic heterocycles. The number of likely N-dealkylation sites (tertiary alicyclic amines) is 1. The predicted molar refractivity (Wildman–Crippen MR) is 92.9 cm³/mol. The third-order valence-corrected chi connectivity index (χ3v) is 6.48. The summed E-state index contributed by atoms with van der Waals surface area (Å²) >= 11 is 1.79. The average molecular weight is 331 g/mol. The van der Waals surface area contributed by atoms with Crippen LogP contribution in [0, 0.1) is 6.92 Å². The van der Waals surface area contributed by atoms with E-state index in [9.17, 15) is 5.11 Å². The molecular formula is C18H25N3OS. The summed E-state index contributed by atoms with van der Waals surface area (Å²) in [6.07, 6.45) is 5.41. The standard InChI is InChI=1S/C18H25N3OS/c1-12-6-8-23-18(12)15-5-7-21(11-16(15)22)10-14-9-19-20(2)17(14)13-3-4-13/h6,8-9,13,15-16,22H,3-5,7,10-11H2,1-2H3/t15-,16-/m1/s1. The van der Waals surface area contributed by atoms with E-state index >= 15 is 0 Å². The van der Waals surface area contributed by atoms with Crippen LogP contribution < -0.4 is 0 Å². The molecular weight excluding hydrogens is 306 g/mol. The van der Waals surface area contributed by atoms with Gasteiger partial charge < -0.3 is 5.11 Å². The number of rotatable bonds is 4. The van der Waals surface area contributed by atoms with Crippen molar-refractivity contribution < 1.29 is 5.11 Å². The van der Waals surface area contributed by atoms with Crippen LogP contribution in [-0.4, -0.2) is 39.0 Å². The molecule has 0 aromatic carbocycles. The van der Waals surface area contributed by atoms with E-state index in [1.54, 1.807) is 11.3 Å². The first-order valence-corrected chi connectivity index (χ1v) is 9.46. The van der Waals surface area contributed by atoms with Gasteiger partial charge >= 0.3 is 0 Å². The topological polar surface area (TPSA) is 41.3 Å². The van der Waals surface area contributed by atoms with Crippen LogP contribution in [0.4, 0.5) is 0 Å². The Kier molecular flexibility index (Phi) is 4.03. The molecule has 1 N–H and O–H groups in total. The highest BCUT2D eigenvalue weighted by Crippen LogP contribution is 2.42. The second kappa shape index (κ2) is 6.04. The number of hydrogen-bond acceptors (Lipinski definition) is 4. The lowest BCUT2D eigenvalue weighted by atomic mass is 9.90. The number of aromatic nitrogens is 2. The number of thiophene rings is 1. The van der Waals surface area contributed by atoms with Crippen LogP contribution >= 0.6 is 11.3 Å². The Hall–Kier alpha value is -1.17. The van der Waals surface area contributed by atoms with Crippen molar-refractivity contribution in [1.29, 1.82) is 0 Å². The molecule has 0 spiro atoms. The molecule has 2 aliphatic rings.